The smallest absolute Gasteiger partial charge is 0.156 e. The molecule has 2 bridgehead atoms. The predicted octanol–water partition coefficient (Wildman–Crippen LogP) is 2.43. The van der Waals surface area contributed by atoms with E-state index in [-0.39, 0.29) is 23.7 Å². The van der Waals surface area contributed by atoms with Crippen LogP contribution in [0.25, 0.3) is 0 Å². The van der Waals surface area contributed by atoms with Crippen LogP contribution in [0.15, 0.2) is 18.2 Å². The molecular weight excluding hydrogens is 298 g/mol. The van der Waals surface area contributed by atoms with Crippen molar-refractivity contribution in [3.63, 3.8) is 0 Å². The van der Waals surface area contributed by atoms with Gasteiger partial charge in [0.2, 0.25) is 0 Å². The second-order valence-corrected chi connectivity index (χ2v) is 8.47. The number of halogens is 2. The van der Waals surface area contributed by atoms with Gasteiger partial charge in [-0.3, -0.25) is 4.79 Å². The molecule has 2 atom stereocenters. The monoisotopic (exact) mass is 314 g/mol. The summed E-state index contributed by atoms with van der Waals surface area (Å²) in [6.07, 6.45) is 1.85. The summed E-state index contributed by atoms with van der Waals surface area (Å²) in [6.45, 7) is 0. The number of benzene rings is 1. The second kappa shape index (κ2) is 5.16. The summed E-state index contributed by atoms with van der Waals surface area (Å²) in [5, 5.41) is -0.827. The standard InChI is InChI=1S/C15H16F2O3S/c16-11-2-1-9(14(17)8-11)7-15(18)10-5-12-3-4-13(6-10)21(12,19)20/h1-2,8,10,12-13H,3-7H2. The van der Waals surface area contributed by atoms with E-state index >= 15 is 0 Å². The maximum absolute atomic E-state index is 13.6. The molecule has 2 saturated heterocycles. The number of rotatable bonds is 3. The third-order valence-corrected chi connectivity index (χ3v) is 7.38. The number of ketones is 1. The molecule has 3 nitrogen and oxygen atoms in total. The third-order valence-electron chi connectivity index (χ3n) is 4.67. The van der Waals surface area contributed by atoms with Gasteiger partial charge in [0.15, 0.2) is 9.84 Å². The van der Waals surface area contributed by atoms with Crippen LogP contribution in [0.2, 0.25) is 0 Å². The van der Waals surface area contributed by atoms with Crippen molar-refractivity contribution in [2.24, 2.45) is 5.92 Å². The Morgan fingerprint density at radius 1 is 1.14 bits per heavy atom. The predicted molar refractivity (Wildman–Crippen MR) is 73.5 cm³/mol. The topological polar surface area (TPSA) is 51.2 Å². The van der Waals surface area contributed by atoms with E-state index in [1.165, 1.54) is 6.07 Å². The van der Waals surface area contributed by atoms with E-state index in [0.29, 0.717) is 25.7 Å². The maximum atomic E-state index is 13.6. The van der Waals surface area contributed by atoms with Gasteiger partial charge in [0.1, 0.15) is 17.4 Å². The first-order valence-corrected chi connectivity index (χ1v) is 8.68. The minimum absolute atomic E-state index is 0.101. The van der Waals surface area contributed by atoms with E-state index in [9.17, 15) is 22.0 Å². The fourth-order valence-electron chi connectivity index (χ4n) is 3.47. The van der Waals surface area contributed by atoms with E-state index in [1.54, 1.807) is 0 Å². The van der Waals surface area contributed by atoms with Crippen molar-refractivity contribution in [2.45, 2.75) is 42.6 Å². The minimum atomic E-state index is -3.06. The Morgan fingerprint density at radius 2 is 1.76 bits per heavy atom. The van der Waals surface area contributed by atoms with Gasteiger partial charge in [-0.1, -0.05) is 6.07 Å². The maximum Gasteiger partial charge on any atom is 0.156 e. The molecule has 0 spiro atoms. The number of fused-ring (bicyclic) bond motifs is 2. The number of Topliss-reactive ketones (excluding diaryl/α,β-unsaturated/α-hetero) is 1. The van der Waals surface area contributed by atoms with Gasteiger partial charge in [-0.25, -0.2) is 17.2 Å². The van der Waals surface area contributed by atoms with E-state index < -0.39 is 32.0 Å². The van der Waals surface area contributed by atoms with Crippen LogP contribution in [-0.2, 0) is 21.1 Å². The molecule has 3 rings (SSSR count). The summed E-state index contributed by atoms with van der Waals surface area (Å²) < 4.78 is 50.4. The molecule has 1 aromatic rings. The number of carbonyl (C=O) groups is 1. The largest absolute Gasteiger partial charge is 0.299 e. The highest BCUT2D eigenvalue weighted by Crippen LogP contribution is 2.41. The Bertz CT molecular complexity index is 664. The van der Waals surface area contributed by atoms with Crippen LogP contribution in [0.1, 0.15) is 31.2 Å². The highest BCUT2D eigenvalue weighted by Gasteiger charge is 2.48. The molecular formula is C15H16F2O3S. The summed E-state index contributed by atoms with van der Waals surface area (Å²) in [5.74, 6) is -1.87. The van der Waals surface area contributed by atoms with Gasteiger partial charge in [-0.2, -0.15) is 0 Å². The van der Waals surface area contributed by atoms with Crippen LogP contribution in [0.4, 0.5) is 8.78 Å². The van der Waals surface area contributed by atoms with Gasteiger partial charge in [0.25, 0.3) is 0 Å². The molecule has 2 unspecified atom stereocenters. The fourth-order valence-corrected chi connectivity index (χ4v) is 5.94. The lowest BCUT2D eigenvalue weighted by atomic mass is 9.90. The lowest BCUT2D eigenvalue weighted by Gasteiger charge is -2.27. The van der Waals surface area contributed by atoms with E-state index in [4.69, 9.17) is 0 Å². The molecule has 2 heterocycles. The molecule has 2 aliphatic heterocycles. The van der Waals surface area contributed by atoms with E-state index in [1.807, 2.05) is 0 Å². The zero-order valence-corrected chi connectivity index (χ0v) is 12.2. The van der Waals surface area contributed by atoms with Crippen LogP contribution in [0.3, 0.4) is 0 Å². The number of hydrogen-bond acceptors (Lipinski definition) is 3. The summed E-state index contributed by atoms with van der Waals surface area (Å²) in [4.78, 5) is 12.3. The van der Waals surface area contributed by atoms with Crippen LogP contribution in [0.5, 0.6) is 0 Å². The van der Waals surface area contributed by atoms with Gasteiger partial charge < -0.3 is 0 Å². The molecule has 0 aromatic heterocycles. The van der Waals surface area contributed by atoms with Crippen molar-refractivity contribution in [3.8, 4) is 0 Å². The molecule has 0 N–H and O–H groups in total. The zero-order valence-electron chi connectivity index (χ0n) is 11.4. The van der Waals surface area contributed by atoms with Crippen molar-refractivity contribution in [3.05, 3.63) is 35.4 Å². The second-order valence-electron chi connectivity index (χ2n) is 5.96. The summed E-state index contributed by atoms with van der Waals surface area (Å²) in [6, 6.07) is 3.16. The third kappa shape index (κ3) is 2.61. The van der Waals surface area contributed by atoms with Gasteiger partial charge in [-0.15, -0.1) is 0 Å². The molecule has 114 valence electrons. The highest BCUT2D eigenvalue weighted by molar-refractivity contribution is 7.93. The number of carbonyl (C=O) groups excluding carboxylic acids is 1. The first-order chi connectivity index (χ1) is 9.88. The van der Waals surface area contributed by atoms with E-state index in [0.717, 1.165) is 12.1 Å². The first kappa shape index (κ1) is 14.6. The number of sulfone groups is 1. The van der Waals surface area contributed by atoms with Crippen LogP contribution in [-0.4, -0.2) is 24.7 Å². The first-order valence-electron chi connectivity index (χ1n) is 7.07. The van der Waals surface area contributed by atoms with Crippen molar-refractivity contribution in [2.75, 3.05) is 0 Å². The van der Waals surface area contributed by atoms with E-state index in [2.05, 4.69) is 0 Å². The van der Waals surface area contributed by atoms with Crippen molar-refractivity contribution < 1.29 is 22.0 Å². The molecule has 0 amide bonds. The minimum Gasteiger partial charge on any atom is -0.299 e. The molecule has 2 fully saturated rings. The van der Waals surface area contributed by atoms with Gasteiger partial charge in [0.05, 0.1) is 10.5 Å². The summed E-state index contributed by atoms with van der Waals surface area (Å²) in [5.41, 5.74) is 0.169. The Kier molecular flexibility index (Phi) is 3.59. The Morgan fingerprint density at radius 3 is 2.33 bits per heavy atom. The van der Waals surface area contributed by atoms with Crippen LogP contribution < -0.4 is 0 Å². The number of hydrogen-bond donors (Lipinski definition) is 0. The Labute approximate surface area is 122 Å². The van der Waals surface area contributed by atoms with Gasteiger partial charge >= 0.3 is 0 Å². The Balaban J connectivity index is 1.73. The molecule has 0 saturated carbocycles. The van der Waals surface area contributed by atoms with Crippen molar-refractivity contribution in [1.82, 2.24) is 0 Å². The SMILES string of the molecule is O=C(Cc1ccc(F)cc1F)C1CC2CCC(C1)S2(=O)=O. The molecule has 6 heteroatoms. The summed E-state index contributed by atoms with van der Waals surface area (Å²) in [7, 11) is -3.06. The molecule has 21 heavy (non-hydrogen) atoms. The normalized spacial score (nSPS) is 30.3. The van der Waals surface area contributed by atoms with Crippen molar-refractivity contribution in [1.29, 1.82) is 0 Å². The molecule has 1 aromatic carbocycles. The molecule has 2 aliphatic rings. The van der Waals surface area contributed by atoms with Crippen LogP contribution in [0, 0.1) is 17.6 Å². The quantitative estimate of drug-likeness (QED) is 0.861. The van der Waals surface area contributed by atoms with Gasteiger partial charge in [0, 0.05) is 18.4 Å². The van der Waals surface area contributed by atoms with Crippen LogP contribution >= 0.6 is 0 Å². The molecule has 0 aliphatic carbocycles. The average Bonchev–Trinajstić information content (AvgIpc) is 2.62. The zero-order chi connectivity index (χ0) is 15.2. The Hall–Kier alpha value is -1.30. The fraction of sp³-hybridized carbons (Fsp3) is 0.533. The lowest BCUT2D eigenvalue weighted by molar-refractivity contribution is -0.122. The average molecular weight is 314 g/mol. The molecule has 0 radical (unpaired) electrons. The highest BCUT2D eigenvalue weighted by atomic mass is 32.2. The van der Waals surface area contributed by atoms with Gasteiger partial charge in [-0.05, 0) is 37.3 Å². The van der Waals surface area contributed by atoms with Crippen molar-refractivity contribution >= 4 is 15.6 Å². The lowest BCUT2D eigenvalue weighted by Crippen LogP contribution is -2.36. The summed E-state index contributed by atoms with van der Waals surface area (Å²) >= 11 is 0.